The third-order valence-corrected chi connectivity index (χ3v) is 3.85. The maximum atomic E-state index is 11.8. The first-order chi connectivity index (χ1) is 9.52. The molecule has 110 valence electrons. The van der Waals surface area contributed by atoms with Crippen molar-refractivity contribution < 1.29 is 4.79 Å². The van der Waals surface area contributed by atoms with Gasteiger partial charge in [-0.25, -0.2) is 0 Å². The van der Waals surface area contributed by atoms with Crippen molar-refractivity contribution >= 4 is 17.7 Å². The molecule has 3 nitrogen and oxygen atoms in total. The van der Waals surface area contributed by atoms with Gasteiger partial charge in [-0.05, 0) is 24.6 Å². The summed E-state index contributed by atoms with van der Waals surface area (Å²) in [5, 5.41) is 6.09. The highest BCUT2D eigenvalue weighted by molar-refractivity contribution is 8.00. The highest BCUT2D eigenvalue weighted by Gasteiger charge is 2.13. The van der Waals surface area contributed by atoms with Crippen molar-refractivity contribution in [2.45, 2.75) is 43.5 Å². The van der Waals surface area contributed by atoms with Crippen LogP contribution in [0.3, 0.4) is 0 Å². The Morgan fingerprint density at radius 2 is 1.95 bits per heavy atom. The summed E-state index contributed by atoms with van der Waals surface area (Å²) in [5.74, 6) is 0.0421. The van der Waals surface area contributed by atoms with Crippen LogP contribution in [0.4, 0.5) is 0 Å². The molecule has 20 heavy (non-hydrogen) atoms. The highest BCUT2D eigenvalue weighted by atomic mass is 32.2. The van der Waals surface area contributed by atoms with E-state index in [2.05, 4.69) is 55.3 Å². The van der Waals surface area contributed by atoms with Crippen LogP contribution in [0.1, 0.15) is 26.3 Å². The smallest absolute Gasteiger partial charge is 0.233 e. The predicted molar refractivity (Wildman–Crippen MR) is 86.9 cm³/mol. The van der Waals surface area contributed by atoms with Gasteiger partial charge >= 0.3 is 0 Å². The number of nitrogens with one attached hydrogen (secondary N) is 2. The van der Waals surface area contributed by atoms with Gasteiger partial charge in [0, 0.05) is 24.0 Å². The molecular formula is C16H24N2OS. The van der Waals surface area contributed by atoms with Gasteiger partial charge in [-0.2, -0.15) is 0 Å². The Kier molecular flexibility index (Phi) is 7.41. The van der Waals surface area contributed by atoms with Crippen LogP contribution in [0.5, 0.6) is 0 Å². The third kappa shape index (κ3) is 6.26. The zero-order chi connectivity index (χ0) is 15.0. The third-order valence-electron chi connectivity index (χ3n) is 2.74. The molecule has 1 atom stereocenters. The van der Waals surface area contributed by atoms with Crippen molar-refractivity contribution in [1.82, 2.24) is 10.6 Å². The Morgan fingerprint density at radius 3 is 2.50 bits per heavy atom. The molecule has 4 heteroatoms. The van der Waals surface area contributed by atoms with E-state index in [1.54, 1.807) is 17.8 Å². The Labute approximate surface area is 126 Å². The number of carbonyl (C=O) groups excluding carboxylic acids is 1. The van der Waals surface area contributed by atoms with E-state index in [0.717, 1.165) is 11.4 Å². The van der Waals surface area contributed by atoms with Gasteiger partial charge in [-0.3, -0.25) is 4.79 Å². The molecule has 0 bridgehead atoms. The Balaban J connectivity index is 2.48. The van der Waals surface area contributed by atoms with Crippen LogP contribution in [0, 0.1) is 0 Å². The average molecular weight is 292 g/mol. The van der Waals surface area contributed by atoms with Crippen LogP contribution in [0.25, 0.3) is 0 Å². The minimum absolute atomic E-state index is 0.0421. The molecule has 1 rings (SSSR count). The van der Waals surface area contributed by atoms with Crippen LogP contribution < -0.4 is 10.6 Å². The SMILES string of the molecule is C=CCNC(=O)C(C)Sc1ccc(CNC(C)C)cc1. The molecule has 0 saturated heterocycles. The number of amides is 1. The first-order valence-electron chi connectivity index (χ1n) is 6.90. The van der Waals surface area contributed by atoms with E-state index >= 15 is 0 Å². The first kappa shape index (κ1) is 16.8. The van der Waals surface area contributed by atoms with Gasteiger partial charge in [0.05, 0.1) is 5.25 Å². The van der Waals surface area contributed by atoms with Crippen molar-refractivity contribution in [3.8, 4) is 0 Å². The second-order valence-electron chi connectivity index (χ2n) is 4.97. The van der Waals surface area contributed by atoms with Crippen LogP contribution in [0.2, 0.25) is 0 Å². The minimum Gasteiger partial charge on any atom is -0.352 e. The number of hydrogen-bond acceptors (Lipinski definition) is 3. The van der Waals surface area contributed by atoms with Crippen molar-refractivity contribution in [2.75, 3.05) is 6.54 Å². The van der Waals surface area contributed by atoms with Gasteiger partial charge in [-0.15, -0.1) is 18.3 Å². The van der Waals surface area contributed by atoms with Gasteiger partial charge in [0.25, 0.3) is 0 Å². The van der Waals surface area contributed by atoms with E-state index in [4.69, 9.17) is 0 Å². The Morgan fingerprint density at radius 1 is 1.30 bits per heavy atom. The van der Waals surface area contributed by atoms with Gasteiger partial charge in [-0.1, -0.05) is 32.1 Å². The van der Waals surface area contributed by atoms with Crippen LogP contribution in [-0.4, -0.2) is 23.7 Å². The fourth-order valence-corrected chi connectivity index (χ4v) is 2.47. The molecule has 0 aromatic heterocycles. The van der Waals surface area contributed by atoms with Gasteiger partial charge < -0.3 is 10.6 Å². The molecule has 0 aliphatic carbocycles. The van der Waals surface area contributed by atoms with E-state index in [0.29, 0.717) is 12.6 Å². The lowest BCUT2D eigenvalue weighted by molar-refractivity contribution is -0.120. The molecule has 1 amide bonds. The lowest BCUT2D eigenvalue weighted by Gasteiger charge is -2.12. The molecule has 0 heterocycles. The molecule has 1 unspecified atom stereocenters. The summed E-state index contributed by atoms with van der Waals surface area (Å²) < 4.78 is 0. The van der Waals surface area contributed by atoms with Crippen LogP contribution in [-0.2, 0) is 11.3 Å². The standard InChI is InChI=1S/C16H24N2OS/c1-5-10-17-16(19)13(4)20-15-8-6-14(7-9-15)11-18-12(2)3/h5-9,12-13,18H,1,10-11H2,2-4H3,(H,17,19). The van der Waals surface area contributed by atoms with Crippen LogP contribution >= 0.6 is 11.8 Å². The van der Waals surface area contributed by atoms with Crippen LogP contribution in [0.15, 0.2) is 41.8 Å². The fourth-order valence-electron chi connectivity index (χ4n) is 1.58. The molecule has 0 radical (unpaired) electrons. The summed E-state index contributed by atoms with van der Waals surface area (Å²) >= 11 is 1.57. The summed E-state index contributed by atoms with van der Waals surface area (Å²) in [5.41, 5.74) is 1.26. The average Bonchev–Trinajstić information content (AvgIpc) is 2.43. The largest absolute Gasteiger partial charge is 0.352 e. The molecule has 2 N–H and O–H groups in total. The molecule has 1 aromatic rings. The number of hydrogen-bond donors (Lipinski definition) is 2. The number of carbonyl (C=O) groups is 1. The molecular weight excluding hydrogens is 268 g/mol. The van der Waals surface area contributed by atoms with Gasteiger partial charge in [0.15, 0.2) is 0 Å². The van der Waals surface area contributed by atoms with E-state index in [-0.39, 0.29) is 11.2 Å². The normalized spacial score (nSPS) is 12.2. The minimum atomic E-state index is -0.102. The Hall–Kier alpha value is -1.26. The Bertz CT molecular complexity index is 429. The number of rotatable bonds is 8. The quantitative estimate of drug-likeness (QED) is 0.572. The zero-order valence-corrected chi connectivity index (χ0v) is 13.3. The summed E-state index contributed by atoms with van der Waals surface area (Å²) in [4.78, 5) is 12.9. The maximum Gasteiger partial charge on any atom is 0.233 e. The van der Waals surface area contributed by atoms with Gasteiger partial charge in [0.2, 0.25) is 5.91 Å². The summed E-state index contributed by atoms with van der Waals surface area (Å²) in [7, 11) is 0. The fraction of sp³-hybridized carbons (Fsp3) is 0.438. The summed E-state index contributed by atoms with van der Waals surface area (Å²) in [6.45, 7) is 11.2. The summed E-state index contributed by atoms with van der Waals surface area (Å²) in [6, 6.07) is 8.83. The zero-order valence-electron chi connectivity index (χ0n) is 12.5. The lowest BCUT2D eigenvalue weighted by atomic mass is 10.2. The lowest BCUT2D eigenvalue weighted by Crippen LogP contribution is -2.30. The highest BCUT2D eigenvalue weighted by Crippen LogP contribution is 2.23. The van der Waals surface area contributed by atoms with Crippen molar-refractivity contribution in [2.24, 2.45) is 0 Å². The molecule has 0 fully saturated rings. The topological polar surface area (TPSA) is 41.1 Å². The van der Waals surface area contributed by atoms with E-state index in [9.17, 15) is 4.79 Å². The van der Waals surface area contributed by atoms with E-state index in [1.165, 1.54) is 5.56 Å². The monoisotopic (exact) mass is 292 g/mol. The molecule has 0 aliphatic heterocycles. The second kappa shape index (κ2) is 8.82. The van der Waals surface area contributed by atoms with Crippen molar-refractivity contribution in [1.29, 1.82) is 0 Å². The van der Waals surface area contributed by atoms with Crippen molar-refractivity contribution in [3.63, 3.8) is 0 Å². The molecule has 0 aliphatic rings. The number of benzene rings is 1. The molecule has 0 saturated carbocycles. The van der Waals surface area contributed by atoms with E-state index in [1.807, 2.05) is 6.92 Å². The van der Waals surface area contributed by atoms with E-state index < -0.39 is 0 Å². The second-order valence-corrected chi connectivity index (χ2v) is 6.39. The first-order valence-corrected chi connectivity index (χ1v) is 7.78. The molecule has 0 spiro atoms. The van der Waals surface area contributed by atoms with Crippen molar-refractivity contribution in [3.05, 3.63) is 42.5 Å². The number of thioether (sulfide) groups is 1. The predicted octanol–water partition coefficient (Wildman–Crippen LogP) is 2.97. The maximum absolute atomic E-state index is 11.8. The molecule has 1 aromatic carbocycles. The van der Waals surface area contributed by atoms with Gasteiger partial charge in [0.1, 0.15) is 0 Å². The summed E-state index contributed by atoms with van der Waals surface area (Å²) in [6.07, 6.45) is 1.69.